The van der Waals surface area contributed by atoms with Crippen LogP contribution in [0.25, 0.3) is 0 Å². The molecule has 0 heterocycles. The Morgan fingerprint density at radius 3 is 2.16 bits per heavy atom. The second-order valence-electron chi connectivity index (χ2n) is 10.9. The smallest absolute Gasteiger partial charge is 0.237 e. The van der Waals surface area contributed by atoms with Crippen LogP contribution < -0.4 is 11.1 Å². The van der Waals surface area contributed by atoms with Crippen molar-refractivity contribution in [2.45, 2.75) is 116 Å². The van der Waals surface area contributed by atoms with E-state index < -0.39 is 0 Å². The number of hydrogen-bond donors (Lipinski definition) is 2. The predicted octanol–water partition coefficient (Wildman–Crippen LogP) is 8.38. The van der Waals surface area contributed by atoms with Crippen molar-refractivity contribution in [2.24, 2.45) is 5.73 Å². The van der Waals surface area contributed by atoms with Crippen LogP contribution in [-0.2, 0) is 11.3 Å². The molecule has 2 aromatic rings. The number of allylic oxidation sites excluding steroid dienone is 1. The number of unbranched alkanes of at least 4 members (excludes halogenated alkanes) is 9. The molecule has 3 N–H and O–H groups in total. The lowest BCUT2D eigenvalue weighted by molar-refractivity contribution is -0.125. The van der Waals surface area contributed by atoms with Crippen LogP contribution in [0.3, 0.4) is 0 Å². The van der Waals surface area contributed by atoms with Crippen molar-refractivity contribution in [2.75, 3.05) is 14.1 Å². The summed E-state index contributed by atoms with van der Waals surface area (Å²) in [6, 6.07) is 15.9. The van der Waals surface area contributed by atoms with Gasteiger partial charge in [-0.2, -0.15) is 0 Å². The topological polar surface area (TPSA) is 75.4 Å². The number of carbonyl (C=O) groups excluding carboxylic acids is 2. The first kappa shape index (κ1) is 37.8. The molecule has 2 rings (SSSR count). The zero-order chi connectivity index (χ0) is 31.7. The number of carbonyl (C=O) groups is 2. The third-order valence-electron chi connectivity index (χ3n) is 7.74. The van der Waals surface area contributed by atoms with E-state index in [1.165, 1.54) is 56.9 Å². The second kappa shape index (κ2) is 24.3. The minimum atomic E-state index is -0.295. The van der Waals surface area contributed by atoms with Crippen LogP contribution in [0.2, 0.25) is 0 Å². The van der Waals surface area contributed by atoms with E-state index in [9.17, 15) is 9.59 Å². The molecule has 0 fully saturated rings. The largest absolute Gasteiger partial charge is 0.358 e. The molecule has 0 bridgehead atoms. The Kier molecular flexibility index (Phi) is 21.3. The van der Waals surface area contributed by atoms with Crippen molar-refractivity contribution in [3.05, 3.63) is 83.4 Å². The first-order chi connectivity index (χ1) is 21.0. The SMILES string of the molecule is C=CCCC(C(=O)NC)N(C)Cc1c(C#CCCCCCCCCCCCC(N)c2ccccc2)cccc1C=O.CC. The van der Waals surface area contributed by atoms with Gasteiger partial charge in [0.2, 0.25) is 5.91 Å². The molecule has 0 saturated heterocycles. The highest BCUT2D eigenvalue weighted by molar-refractivity contribution is 5.82. The van der Waals surface area contributed by atoms with Crippen LogP contribution in [0.1, 0.15) is 130 Å². The van der Waals surface area contributed by atoms with Gasteiger partial charge in [0, 0.05) is 37.2 Å². The molecule has 5 nitrogen and oxygen atoms in total. The molecule has 0 spiro atoms. The van der Waals surface area contributed by atoms with Gasteiger partial charge in [0.1, 0.15) is 6.29 Å². The van der Waals surface area contributed by atoms with Crippen LogP contribution in [0, 0.1) is 11.8 Å². The van der Waals surface area contributed by atoms with Crippen LogP contribution in [0.4, 0.5) is 0 Å². The van der Waals surface area contributed by atoms with E-state index in [0.29, 0.717) is 18.5 Å². The van der Waals surface area contributed by atoms with E-state index in [1.807, 2.05) is 56.1 Å². The maximum atomic E-state index is 12.5. The summed E-state index contributed by atoms with van der Waals surface area (Å²) in [5, 5.41) is 2.75. The van der Waals surface area contributed by atoms with Crippen molar-refractivity contribution in [1.82, 2.24) is 10.2 Å². The fraction of sp³-hybridized carbons (Fsp3) is 0.526. The molecule has 2 aromatic carbocycles. The third-order valence-corrected chi connectivity index (χ3v) is 7.74. The lowest BCUT2D eigenvalue weighted by Gasteiger charge is -2.27. The molecule has 0 aliphatic rings. The maximum absolute atomic E-state index is 12.5. The van der Waals surface area contributed by atoms with Crippen LogP contribution in [-0.4, -0.2) is 37.2 Å². The van der Waals surface area contributed by atoms with E-state index in [0.717, 1.165) is 43.1 Å². The molecule has 0 radical (unpaired) electrons. The van der Waals surface area contributed by atoms with Gasteiger partial charge in [-0.15, -0.1) is 6.58 Å². The summed E-state index contributed by atoms with van der Waals surface area (Å²) in [4.78, 5) is 26.2. The Labute approximate surface area is 262 Å². The van der Waals surface area contributed by atoms with Gasteiger partial charge in [0.05, 0.1) is 6.04 Å². The van der Waals surface area contributed by atoms with E-state index in [1.54, 1.807) is 7.05 Å². The van der Waals surface area contributed by atoms with Gasteiger partial charge in [-0.05, 0) is 49.9 Å². The maximum Gasteiger partial charge on any atom is 0.237 e. The van der Waals surface area contributed by atoms with Crippen LogP contribution in [0.5, 0.6) is 0 Å². The molecular weight excluding hydrogens is 530 g/mol. The molecule has 5 heteroatoms. The molecule has 2 unspecified atom stereocenters. The lowest BCUT2D eigenvalue weighted by atomic mass is 9.99. The van der Waals surface area contributed by atoms with Gasteiger partial charge in [0.25, 0.3) is 0 Å². The Balaban J connectivity index is 0.00000452. The molecule has 236 valence electrons. The standard InChI is InChI=1S/C36H51N3O2.C2H6/c1-4-5-27-35(36(41)38-2)39(3)28-33-30(24-20-25-32(33)29-40)21-16-13-11-9-7-6-8-10-12-14-19-26-34(37)31-22-17-15-18-23-31;1-2/h4,15,17-18,20,22-25,29,34-35H,1,5-14,19,26-28,37H2,2-3H3,(H,38,41);1-2H3. The number of rotatable bonds is 20. The first-order valence-corrected chi connectivity index (χ1v) is 16.4. The Morgan fingerprint density at radius 2 is 1.56 bits per heavy atom. The normalized spacial score (nSPS) is 11.9. The molecule has 1 amide bonds. The summed E-state index contributed by atoms with van der Waals surface area (Å²) < 4.78 is 0. The molecule has 2 atom stereocenters. The average molecular weight is 588 g/mol. The minimum absolute atomic E-state index is 0.0332. The molecule has 43 heavy (non-hydrogen) atoms. The summed E-state index contributed by atoms with van der Waals surface area (Å²) in [6.07, 6.45) is 17.2. The molecular formula is C38H57N3O2. The van der Waals surface area contributed by atoms with Crippen molar-refractivity contribution in [3.63, 3.8) is 0 Å². The Morgan fingerprint density at radius 1 is 0.930 bits per heavy atom. The first-order valence-electron chi connectivity index (χ1n) is 16.4. The highest BCUT2D eigenvalue weighted by atomic mass is 16.2. The van der Waals surface area contributed by atoms with E-state index in [-0.39, 0.29) is 18.0 Å². The summed E-state index contributed by atoms with van der Waals surface area (Å²) in [5.74, 6) is 6.60. The van der Waals surface area contributed by atoms with Crippen molar-refractivity contribution in [1.29, 1.82) is 0 Å². The van der Waals surface area contributed by atoms with Gasteiger partial charge < -0.3 is 11.1 Å². The van der Waals surface area contributed by atoms with Crippen molar-refractivity contribution < 1.29 is 9.59 Å². The lowest BCUT2D eigenvalue weighted by Crippen LogP contribution is -2.43. The number of aldehydes is 1. The quantitative estimate of drug-likeness (QED) is 0.0706. The van der Waals surface area contributed by atoms with Gasteiger partial charge in [-0.3, -0.25) is 14.5 Å². The Hall–Kier alpha value is -3.20. The fourth-order valence-corrected chi connectivity index (χ4v) is 5.20. The predicted molar refractivity (Wildman–Crippen MR) is 183 cm³/mol. The van der Waals surface area contributed by atoms with E-state index in [4.69, 9.17) is 5.73 Å². The van der Waals surface area contributed by atoms with Crippen LogP contribution in [0.15, 0.2) is 61.2 Å². The second-order valence-corrected chi connectivity index (χ2v) is 10.9. The number of hydrogen-bond acceptors (Lipinski definition) is 4. The van der Waals surface area contributed by atoms with Crippen molar-refractivity contribution >= 4 is 12.2 Å². The number of nitrogens with zero attached hydrogens (tertiary/aromatic N) is 1. The number of nitrogens with one attached hydrogen (secondary N) is 1. The Bertz CT molecular complexity index is 1100. The van der Waals surface area contributed by atoms with E-state index in [2.05, 4.69) is 48.0 Å². The molecule has 0 saturated carbocycles. The van der Waals surface area contributed by atoms with E-state index >= 15 is 0 Å². The summed E-state index contributed by atoms with van der Waals surface area (Å²) in [6.45, 7) is 8.26. The number of nitrogens with two attached hydrogens (primary N) is 1. The zero-order valence-corrected chi connectivity index (χ0v) is 27.4. The summed E-state index contributed by atoms with van der Waals surface area (Å²) in [5.41, 5.74) is 9.91. The fourth-order valence-electron chi connectivity index (χ4n) is 5.20. The minimum Gasteiger partial charge on any atom is -0.358 e. The number of amides is 1. The summed E-state index contributed by atoms with van der Waals surface area (Å²) >= 11 is 0. The third kappa shape index (κ3) is 15.2. The van der Waals surface area contributed by atoms with Gasteiger partial charge in [-0.25, -0.2) is 0 Å². The monoisotopic (exact) mass is 587 g/mol. The van der Waals surface area contributed by atoms with Crippen LogP contribution >= 0.6 is 0 Å². The number of likely N-dealkylation sites (N-methyl/N-ethyl adjacent to an activating group) is 2. The average Bonchev–Trinajstić information content (AvgIpc) is 3.05. The van der Waals surface area contributed by atoms with Crippen molar-refractivity contribution in [3.8, 4) is 11.8 Å². The number of benzene rings is 2. The molecule has 0 aliphatic carbocycles. The zero-order valence-electron chi connectivity index (χ0n) is 27.4. The highest BCUT2D eigenvalue weighted by Crippen LogP contribution is 2.20. The van der Waals surface area contributed by atoms with Gasteiger partial charge in [-0.1, -0.05) is 126 Å². The van der Waals surface area contributed by atoms with Gasteiger partial charge >= 0.3 is 0 Å². The highest BCUT2D eigenvalue weighted by Gasteiger charge is 2.23. The molecule has 0 aromatic heterocycles. The summed E-state index contributed by atoms with van der Waals surface area (Å²) in [7, 11) is 3.57. The van der Waals surface area contributed by atoms with Gasteiger partial charge in [0.15, 0.2) is 0 Å². The molecule has 0 aliphatic heterocycles.